The zero-order valence-corrected chi connectivity index (χ0v) is 16.5. The number of carbonyl (C=O) groups is 1. The van der Waals surface area contributed by atoms with Crippen molar-refractivity contribution in [3.8, 4) is 0 Å². The van der Waals surface area contributed by atoms with E-state index in [1.54, 1.807) is 4.57 Å². The molecule has 2 N–H and O–H groups in total. The molecule has 8 heteroatoms. The molecule has 3 unspecified atom stereocenters. The molecule has 2 fully saturated rings. The summed E-state index contributed by atoms with van der Waals surface area (Å²) in [6.07, 6.45) is 5.48. The third-order valence-electron chi connectivity index (χ3n) is 6.72. The normalized spacial score (nSPS) is 26.8. The highest BCUT2D eigenvalue weighted by molar-refractivity contribution is 5.77. The Morgan fingerprint density at radius 3 is 2.57 bits per heavy atom. The van der Waals surface area contributed by atoms with Gasteiger partial charge in [-0.1, -0.05) is 20.3 Å². The molecule has 2 aromatic heterocycles. The van der Waals surface area contributed by atoms with Crippen LogP contribution in [0.5, 0.6) is 0 Å². The zero-order chi connectivity index (χ0) is 20.1. The SMILES string of the molecule is CCCn1c(=O)c2[nH]c(C3C4CCCC3(C(=O)O)CC4)nc2n(CCC)c1=O. The minimum absolute atomic E-state index is 0.227. The van der Waals surface area contributed by atoms with Gasteiger partial charge in [0.05, 0.1) is 5.41 Å². The molecule has 2 saturated carbocycles. The number of aromatic nitrogens is 4. The minimum Gasteiger partial charge on any atom is -0.481 e. The number of hydrogen-bond donors (Lipinski definition) is 2. The van der Waals surface area contributed by atoms with Crippen molar-refractivity contribution >= 4 is 17.1 Å². The fourth-order valence-corrected chi connectivity index (χ4v) is 5.50. The zero-order valence-electron chi connectivity index (χ0n) is 16.5. The number of fused-ring (bicyclic) bond motifs is 3. The van der Waals surface area contributed by atoms with Crippen molar-refractivity contribution < 1.29 is 9.90 Å². The molecule has 0 saturated heterocycles. The second-order valence-electron chi connectivity index (χ2n) is 8.34. The van der Waals surface area contributed by atoms with Crippen molar-refractivity contribution in [3.05, 3.63) is 26.7 Å². The first-order chi connectivity index (χ1) is 13.4. The van der Waals surface area contributed by atoms with Crippen molar-refractivity contribution in [2.24, 2.45) is 11.3 Å². The second kappa shape index (κ2) is 6.90. The fourth-order valence-electron chi connectivity index (χ4n) is 5.50. The van der Waals surface area contributed by atoms with Crippen LogP contribution < -0.4 is 11.2 Å². The standard InChI is InChI=1S/C20H28N4O4/c1-3-10-23-16-14(17(25)24(11-4-2)19(23)28)21-15(22-16)13-12-6-5-8-20(13,9-7-12)18(26)27/h12-13H,3-11H2,1-2H3,(H,21,22)(H,26,27). The minimum atomic E-state index is -0.810. The summed E-state index contributed by atoms with van der Waals surface area (Å²) in [5.74, 6) is -0.172. The van der Waals surface area contributed by atoms with Gasteiger partial charge >= 0.3 is 11.7 Å². The summed E-state index contributed by atoms with van der Waals surface area (Å²) in [6.45, 7) is 4.73. The van der Waals surface area contributed by atoms with Crippen molar-refractivity contribution in [1.29, 1.82) is 0 Å². The number of aryl methyl sites for hydroxylation is 1. The number of H-pyrrole nitrogens is 1. The first-order valence-corrected chi connectivity index (χ1v) is 10.4. The Labute approximate surface area is 162 Å². The van der Waals surface area contributed by atoms with E-state index < -0.39 is 11.4 Å². The Hall–Kier alpha value is -2.38. The van der Waals surface area contributed by atoms with Gasteiger partial charge in [0.2, 0.25) is 0 Å². The van der Waals surface area contributed by atoms with Crippen molar-refractivity contribution in [1.82, 2.24) is 19.1 Å². The summed E-state index contributed by atoms with van der Waals surface area (Å²) < 4.78 is 2.83. The number of nitrogens with one attached hydrogen (secondary N) is 1. The predicted octanol–water partition coefficient (Wildman–Crippen LogP) is 2.45. The highest BCUT2D eigenvalue weighted by Crippen LogP contribution is 2.59. The number of nitrogens with zero attached hydrogens (tertiary/aromatic N) is 3. The summed E-state index contributed by atoms with van der Waals surface area (Å²) in [5.41, 5.74) is -0.819. The number of carboxylic acids is 1. The number of aliphatic carboxylic acids is 1. The van der Waals surface area contributed by atoms with Crippen LogP contribution in [-0.4, -0.2) is 30.2 Å². The van der Waals surface area contributed by atoms with Crippen LogP contribution in [0.2, 0.25) is 0 Å². The highest BCUT2D eigenvalue weighted by atomic mass is 16.4. The van der Waals surface area contributed by atoms with Gasteiger partial charge in [-0.15, -0.1) is 0 Å². The first-order valence-electron chi connectivity index (χ1n) is 10.4. The van der Waals surface area contributed by atoms with Crippen LogP contribution in [0.15, 0.2) is 9.59 Å². The molecule has 0 radical (unpaired) electrons. The molecule has 2 aromatic rings. The van der Waals surface area contributed by atoms with Crippen LogP contribution in [0.1, 0.15) is 70.5 Å². The summed E-state index contributed by atoms with van der Waals surface area (Å²) in [4.78, 5) is 45.9. The number of carboxylic acid groups (broad SMARTS) is 1. The van der Waals surface area contributed by atoms with E-state index in [4.69, 9.17) is 0 Å². The molecular formula is C20H28N4O4. The van der Waals surface area contributed by atoms with Crippen LogP contribution in [0, 0.1) is 11.3 Å². The maximum Gasteiger partial charge on any atom is 0.332 e. The average molecular weight is 388 g/mol. The lowest BCUT2D eigenvalue weighted by Crippen LogP contribution is -2.40. The van der Waals surface area contributed by atoms with Crippen LogP contribution in [0.3, 0.4) is 0 Å². The van der Waals surface area contributed by atoms with Crippen LogP contribution in [0.25, 0.3) is 11.2 Å². The third kappa shape index (κ3) is 2.57. The van der Waals surface area contributed by atoms with Crippen LogP contribution >= 0.6 is 0 Å². The molecule has 0 amide bonds. The van der Waals surface area contributed by atoms with Gasteiger partial charge in [-0.3, -0.25) is 18.7 Å². The van der Waals surface area contributed by atoms with Gasteiger partial charge in [-0.2, -0.15) is 0 Å². The highest BCUT2D eigenvalue weighted by Gasteiger charge is 2.57. The molecule has 4 rings (SSSR count). The topological polar surface area (TPSA) is 110 Å². The number of rotatable bonds is 6. The molecule has 28 heavy (non-hydrogen) atoms. The van der Waals surface area contributed by atoms with E-state index in [-0.39, 0.29) is 23.1 Å². The van der Waals surface area contributed by atoms with Gasteiger partial charge in [0, 0.05) is 19.0 Å². The Morgan fingerprint density at radius 1 is 1.18 bits per heavy atom. The number of imidazole rings is 1. The maximum absolute atomic E-state index is 12.9. The van der Waals surface area contributed by atoms with Gasteiger partial charge in [0.1, 0.15) is 11.3 Å². The van der Waals surface area contributed by atoms with Gasteiger partial charge in [0.25, 0.3) is 5.56 Å². The molecule has 0 spiro atoms. The van der Waals surface area contributed by atoms with Gasteiger partial charge in [0.15, 0.2) is 5.65 Å². The first kappa shape index (κ1) is 19.0. The summed E-state index contributed by atoms with van der Waals surface area (Å²) in [7, 11) is 0. The van der Waals surface area contributed by atoms with E-state index >= 15 is 0 Å². The smallest absolute Gasteiger partial charge is 0.332 e. The van der Waals surface area contributed by atoms with Crippen molar-refractivity contribution in [2.45, 2.75) is 77.8 Å². The van der Waals surface area contributed by atoms with Crippen LogP contribution in [0.4, 0.5) is 0 Å². The molecule has 2 heterocycles. The van der Waals surface area contributed by atoms with Gasteiger partial charge in [-0.25, -0.2) is 9.78 Å². The van der Waals surface area contributed by atoms with E-state index in [9.17, 15) is 19.5 Å². The maximum atomic E-state index is 12.9. The Kier molecular flexibility index (Phi) is 4.67. The molecular weight excluding hydrogens is 360 g/mol. The summed E-state index contributed by atoms with van der Waals surface area (Å²) in [5, 5.41) is 10.0. The van der Waals surface area contributed by atoms with E-state index in [1.807, 2.05) is 13.8 Å². The van der Waals surface area contributed by atoms with E-state index in [1.165, 1.54) is 4.57 Å². The Balaban J connectivity index is 1.94. The predicted molar refractivity (Wildman–Crippen MR) is 105 cm³/mol. The molecule has 8 nitrogen and oxygen atoms in total. The monoisotopic (exact) mass is 388 g/mol. The third-order valence-corrected chi connectivity index (χ3v) is 6.72. The molecule has 2 aliphatic rings. The van der Waals surface area contributed by atoms with E-state index in [2.05, 4.69) is 9.97 Å². The molecule has 152 valence electrons. The number of hydrogen-bond acceptors (Lipinski definition) is 4. The molecule has 0 aliphatic heterocycles. The van der Waals surface area contributed by atoms with Crippen molar-refractivity contribution in [3.63, 3.8) is 0 Å². The lowest BCUT2D eigenvalue weighted by Gasteiger charge is -2.36. The Bertz CT molecular complexity index is 1030. The van der Waals surface area contributed by atoms with Crippen LogP contribution in [-0.2, 0) is 17.9 Å². The van der Waals surface area contributed by atoms with Gasteiger partial charge in [-0.05, 0) is 44.4 Å². The van der Waals surface area contributed by atoms with E-state index in [0.29, 0.717) is 49.3 Å². The van der Waals surface area contributed by atoms with E-state index in [0.717, 1.165) is 25.7 Å². The molecule has 2 aliphatic carbocycles. The summed E-state index contributed by atoms with van der Waals surface area (Å²) in [6, 6.07) is 0. The van der Waals surface area contributed by atoms with Gasteiger partial charge < -0.3 is 10.1 Å². The number of aromatic amines is 1. The second-order valence-corrected chi connectivity index (χ2v) is 8.34. The van der Waals surface area contributed by atoms with Crippen molar-refractivity contribution in [2.75, 3.05) is 0 Å². The fraction of sp³-hybridized carbons (Fsp3) is 0.700. The Morgan fingerprint density at radius 2 is 1.89 bits per heavy atom. The lowest BCUT2D eigenvalue weighted by atomic mass is 9.67. The lowest BCUT2D eigenvalue weighted by molar-refractivity contribution is -0.151. The molecule has 2 bridgehead atoms. The largest absolute Gasteiger partial charge is 0.481 e. The quantitative estimate of drug-likeness (QED) is 0.790. The molecule has 3 atom stereocenters. The summed E-state index contributed by atoms with van der Waals surface area (Å²) >= 11 is 0. The average Bonchev–Trinajstić information content (AvgIpc) is 3.19. The molecule has 0 aromatic carbocycles.